The normalized spacial score (nSPS) is 18.9. The molecule has 5 aliphatic rings. The van der Waals surface area contributed by atoms with Crippen LogP contribution in [0.3, 0.4) is 0 Å². The number of carbonyl (C=O) groups excluding carboxylic acids is 3. The molecule has 65 heavy (non-hydrogen) atoms. The quantitative estimate of drug-likeness (QED) is 0.345. The van der Waals surface area contributed by atoms with Gasteiger partial charge in [-0.2, -0.15) is 10.4 Å². The molecule has 2 aromatic heterocycles. The molecule has 23 heteroatoms. The van der Waals surface area contributed by atoms with E-state index in [0.29, 0.717) is 50.5 Å². The Hall–Kier alpha value is -5.04. The van der Waals surface area contributed by atoms with Gasteiger partial charge in [-0.1, -0.05) is 0 Å². The molecule has 2 aromatic rings. The highest BCUT2D eigenvalue weighted by Gasteiger charge is 2.31. The lowest BCUT2D eigenvalue weighted by atomic mass is 9.92. The predicted molar refractivity (Wildman–Crippen MR) is 243 cm³/mol. The van der Waals surface area contributed by atoms with Crippen molar-refractivity contribution in [1.82, 2.24) is 60.4 Å². The molecule has 1 N–H and O–H groups in total. The number of nitriles is 1. The lowest BCUT2D eigenvalue weighted by molar-refractivity contribution is 0.0189. The maximum absolute atomic E-state index is 11.9. The number of aromatic nitrogens is 8. The Morgan fingerprint density at radius 1 is 0.600 bits per heavy atom. The number of hydrogen-bond acceptors (Lipinski definition) is 17. The summed E-state index contributed by atoms with van der Waals surface area (Å²) in [6, 6.07) is 2.23. The lowest BCUT2D eigenvalue weighted by Gasteiger charge is -2.33. The molecule has 0 atom stereocenters. The fourth-order valence-corrected chi connectivity index (χ4v) is 7.57. The molecule has 0 unspecified atom stereocenters. The molecular weight excluding hydrogens is 860 g/mol. The van der Waals surface area contributed by atoms with Gasteiger partial charge in [0, 0.05) is 77.0 Å². The fourth-order valence-electron chi connectivity index (χ4n) is 7.57. The zero-order valence-electron chi connectivity index (χ0n) is 40.4. The molecule has 0 aromatic carbocycles. The van der Waals surface area contributed by atoms with Crippen LogP contribution in [0.2, 0.25) is 0 Å². The minimum absolute atomic E-state index is 0. The van der Waals surface area contributed by atoms with Gasteiger partial charge in [0.1, 0.15) is 23.3 Å². The highest BCUT2D eigenvalue weighted by Crippen LogP contribution is 2.27. The van der Waals surface area contributed by atoms with Crippen LogP contribution < -0.4 is 5.32 Å². The van der Waals surface area contributed by atoms with Crippen molar-refractivity contribution < 1.29 is 28.6 Å². The standard InChI is InChI=1S/C12H21N5O2.C12H20N4O2.C11H18N2O2.C7H13N5.ClH/c1-12(2,3)19-11(18)17-7-5-9(6-8-17)10-13-14-15-16(10)4;1-12(2,3)18-11(17)16-6-4-9(5-7-16)10-8-13-15-14-10;1-11(2,3)15-10(14)13-6-4-9(8-12)5-7-13;1-12-7(9-10-11-12)6-2-4-8-5-3-6;/h9H,5-8H2,1-4H3;9H,4-8H2,1-3H3;9H,4-7H2,1-3H3;6,8H,2-5H2,1H3;1H. The summed E-state index contributed by atoms with van der Waals surface area (Å²) in [5.74, 6) is 3.30. The van der Waals surface area contributed by atoms with Crippen molar-refractivity contribution in [2.24, 2.45) is 41.4 Å². The zero-order valence-corrected chi connectivity index (χ0v) is 41.2. The van der Waals surface area contributed by atoms with Crippen molar-refractivity contribution in [3.05, 3.63) is 11.6 Å². The Morgan fingerprint density at radius 3 is 1.29 bits per heavy atom. The minimum atomic E-state index is -0.443. The summed E-state index contributed by atoms with van der Waals surface area (Å²) >= 11 is 0. The van der Waals surface area contributed by atoms with E-state index >= 15 is 0 Å². The molecule has 3 amide bonds. The highest BCUT2D eigenvalue weighted by molar-refractivity contribution is 5.89. The van der Waals surface area contributed by atoms with Gasteiger partial charge in [0.05, 0.1) is 11.8 Å². The van der Waals surface area contributed by atoms with E-state index in [1.807, 2.05) is 76.4 Å². The van der Waals surface area contributed by atoms with Gasteiger partial charge in [-0.3, -0.25) is 0 Å². The highest BCUT2D eigenvalue weighted by atomic mass is 35.5. The molecule has 4 saturated heterocycles. The van der Waals surface area contributed by atoms with Crippen molar-refractivity contribution in [1.29, 1.82) is 5.26 Å². The number of aryl methyl sites for hydroxylation is 2. The van der Waals surface area contributed by atoms with Gasteiger partial charge in [-0.05, 0) is 153 Å². The summed E-state index contributed by atoms with van der Waals surface area (Å²) < 4.78 is 19.5. The Kier molecular flexibility index (Phi) is 20.9. The molecule has 22 nitrogen and oxygen atoms in total. The van der Waals surface area contributed by atoms with Crippen molar-refractivity contribution in [2.75, 3.05) is 58.9 Å². The van der Waals surface area contributed by atoms with Crippen LogP contribution in [0.5, 0.6) is 0 Å². The van der Waals surface area contributed by atoms with Gasteiger partial charge in [0.15, 0.2) is 11.6 Å². The van der Waals surface area contributed by atoms with E-state index in [1.165, 1.54) is 0 Å². The van der Waals surface area contributed by atoms with Crippen molar-refractivity contribution >= 4 is 36.4 Å². The van der Waals surface area contributed by atoms with Crippen LogP contribution >= 0.6 is 12.4 Å². The topological polar surface area (TPSA) is 249 Å². The maximum Gasteiger partial charge on any atom is 0.410 e. The Balaban J connectivity index is 0.000000232. The van der Waals surface area contributed by atoms with Crippen LogP contribution in [0.1, 0.15) is 137 Å². The number of piperidine rings is 4. The SMILES string of the molecule is CC(C)(C)OC(=O)N1CCC(C#N)CC1.CC(C)(C)OC(=O)N1CCC(C2=NN=NC2)CC1.Cl.Cn1nnnc1C1CCN(C(=O)OC(C)(C)C)CC1.Cn1nnnc1C1CCNCC1. The summed E-state index contributed by atoms with van der Waals surface area (Å²) in [4.78, 5) is 40.6. The van der Waals surface area contributed by atoms with Gasteiger partial charge in [-0.25, -0.2) is 23.7 Å². The number of carbonyl (C=O) groups is 3. The van der Waals surface area contributed by atoms with E-state index in [2.05, 4.69) is 57.9 Å². The third-order valence-corrected chi connectivity index (χ3v) is 10.9. The number of tetrazole rings is 2. The second-order valence-electron chi connectivity index (χ2n) is 19.7. The predicted octanol–water partition coefficient (Wildman–Crippen LogP) is 6.04. The summed E-state index contributed by atoms with van der Waals surface area (Å²) in [6.07, 6.45) is 6.67. The van der Waals surface area contributed by atoms with Gasteiger partial charge >= 0.3 is 18.3 Å². The van der Waals surface area contributed by atoms with Gasteiger partial charge in [-0.15, -0.1) is 27.7 Å². The molecule has 0 bridgehead atoms. The first-order valence-electron chi connectivity index (χ1n) is 22.5. The monoisotopic (exact) mass is 933 g/mol. The third-order valence-electron chi connectivity index (χ3n) is 10.9. The number of nitrogens with zero attached hydrogens (tertiary/aromatic N) is 15. The van der Waals surface area contributed by atoms with E-state index in [1.54, 1.807) is 24.1 Å². The number of hydrogen-bond donors (Lipinski definition) is 1. The maximum atomic E-state index is 11.9. The molecule has 7 heterocycles. The van der Waals surface area contributed by atoms with Crippen molar-refractivity contribution in [3.8, 4) is 6.07 Å². The van der Waals surface area contributed by atoms with E-state index in [4.69, 9.17) is 19.5 Å². The number of rotatable bonds is 3. The summed E-state index contributed by atoms with van der Waals surface area (Å²) in [6.45, 7) is 23.7. The Labute approximate surface area is 390 Å². The average Bonchev–Trinajstić information content (AvgIpc) is 4.04. The Bertz CT molecular complexity index is 1880. The van der Waals surface area contributed by atoms with Crippen molar-refractivity contribution in [3.63, 3.8) is 0 Å². The smallest absolute Gasteiger partial charge is 0.410 e. The molecule has 7 rings (SSSR count). The summed E-state index contributed by atoms with van der Waals surface area (Å²) in [5.41, 5.74) is -0.259. The second kappa shape index (κ2) is 25.0. The first-order valence-corrected chi connectivity index (χ1v) is 22.5. The first-order chi connectivity index (χ1) is 30.1. The Morgan fingerprint density at radius 2 is 0.969 bits per heavy atom. The van der Waals surface area contributed by atoms with Gasteiger partial charge < -0.3 is 34.2 Å². The number of likely N-dealkylation sites (tertiary alicyclic amines) is 3. The zero-order chi connectivity index (χ0) is 47.1. The van der Waals surface area contributed by atoms with Crippen molar-refractivity contribution in [2.45, 2.75) is 142 Å². The minimum Gasteiger partial charge on any atom is -0.444 e. The molecule has 0 spiro atoms. The van der Waals surface area contributed by atoms with Crippen LogP contribution in [-0.4, -0.2) is 155 Å². The van der Waals surface area contributed by atoms with Crippen LogP contribution in [0.15, 0.2) is 15.4 Å². The molecular formula is C42H73ClN16O6. The first kappa shape index (κ1) is 54.3. The van der Waals surface area contributed by atoms with Gasteiger partial charge in [0.25, 0.3) is 0 Å². The summed E-state index contributed by atoms with van der Waals surface area (Å²) in [7, 11) is 3.74. The number of halogens is 1. The van der Waals surface area contributed by atoms with Crippen LogP contribution in [0.4, 0.5) is 14.4 Å². The number of nitrogens with one attached hydrogen (secondary N) is 1. The molecule has 0 aliphatic carbocycles. The van der Waals surface area contributed by atoms with E-state index in [-0.39, 0.29) is 36.6 Å². The number of amides is 3. The largest absolute Gasteiger partial charge is 0.444 e. The van der Waals surface area contributed by atoms with Crippen LogP contribution in [-0.2, 0) is 28.3 Å². The molecule has 0 radical (unpaired) electrons. The van der Waals surface area contributed by atoms with E-state index in [9.17, 15) is 14.4 Å². The average molecular weight is 934 g/mol. The van der Waals surface area contributed by atoms with E-state index in [0.717, 1.165) is 94.9 Å². The van der Waals surface area contributed by atoms with Gasteiger partial charge in [0.2, 0.25) is 0 Å². The fraction of sp³-hybridized carbons (Fsp3) is 0.833. The molecule has 0 saturated carbocycles. The van der Waals surface area contributed by atoms with E-state index < -0.39 is 16.8 Å². The molecule has 5 aliphatic heterocycles. The second-order valence-corrected chi connectivity index (χ2v) is 19.7. The van der Waals surface area contributed by atoms with Crippen LogP contribution in [0, 0.1) is 23.2 Å². The molecule has 364 valence electrons. The third kappa shape index (κ3) is 18.8. The van der Waals surface area contributed by atoms with Crippen LogP contribution in [0.25, 0.3) is 0 Å². The summed E-state index contributed by atoms with van der Waals surface area (Å²) in [5, 5.41) is 46.6. The molecule has 4 fully saturated rings. The number of ether oxygens (including phenoxy) is 3. The lowest BCUT2D eigenvalue weighted by Crippen LogP contribution is -2.43.